The average Bonchev–Trinajstić information content (AvgIpc) is 3.03. The molecule has 5 nitrogen and oxygen atoms in total. The van der Waals surface area contributed by atoms with Crippen molar-refractivity contribution < 1.29 is 4.79 Å². The summed E-state index contributed by atoms with van der Waals surface area (Å²) >= 11 is 1.54. The molecule has 0 atom stereocenters. The number of pyridine rings is 1. The summed E-state index contributed by atoms with van der Waals surface area (Å²) in [6, 6.07) is 13.1. The van der Waals surface area contributed by atoms with Crippen molar-refractivity contribution in [2.24, 2.45) is 5.10 Å². The van der Waals surface area contributed by atoms with E-state index in [1.54, 1.807) is 18.5 Å². The SMILES string of the molecule is Cc1ccc(Cn2cccc(C(=O)N/N=C\c3sccc3C)c2=O)cc1. The summed E-state index contributed by atoms with van der Waals surface area (Å²) < 4.78 is 1.52. The number of nitrogens with zero attached hydrogens (tertiary/aromatic N) is 2. The molecule has 3 aromatic rings. The monoisotopic (exact) mass is 365 g/mol. The Bertz CT molecular complexity index is 1000. The van der Waals surface area contributed by atoms with E-state index in [9.17, 15) is 9.59 Å². The molecule has 26 heavy (non-hydrogen) atoms. The predicted molar refractivity (Wildman–Crippen MR) is 105 cm³/mol. The third-order valence-electron chi connectivity index (χ3n) is 3.99. The van der Waals surface area contributed by atoms with Crippen LogP contribution in [0.3, 0.4) is 0 Å². The molecule has 0 fully saturated rings. The molecule has 1 amide bonds. The molecule has 0 bridgehead atoms. The maximum Gasteiger partial charge on any atom is 0.276 e. The second-order valence-electron chi connectivity index (χ2n) is 6.01. The smallest absolute Gasteiger partial charge is 0.276 e. The third-order valence-corrected chi connectivity index (χ3v) is 4.94. The first-order valence-corrected chi connectivity index (χ1v) is 9.05. The largest absolute Gasteiger partial charge is 0.310 e. The molecule has 0 saturated heterocycles. The summed E-state index contributed by atoms with van der Waals surface area (Å²) in [6.45, 7) is 4.40. The summed E-state index contributed by atoms with van der Waals surface area (Å²) in [5.74, 6) is -0.515. The molecule has 132 valence electrons. The van der Waals surface area contributed by atoms with Gasteiger partial charge in [0.1, 0.15) is 5.56 Å². The van der Waals surface area contributed by atoms with Crippen molar-refractivity contribution in [3.63, 3.8) is 0 Å². The zero-order valence-electron chi connectivity index (χ0n) is 14.6. The lowest BCUT2D eigenvalue weighted by molar-refractivity contribution is 0.0953. The van der Waals surface area contributed by atoms with Gasteiger partial charge in [0.2, 0.25) is 0 Å². The van der Waals surface area contributed by atoms with E-state index in [2.05, 4.69) is 10.5 Å². The number of aromatic nitrogens is 1. The van der Waals surface area contributed by atoms with E-state index in [1.165, 1.54) is 22.0 Å². The number of nitrogens with one attached hydrogen (secondary N) is 1. The van der Waals surface area contributed by atoms with Crippen molar-refractivity contribution in [1.82, 2.24) is 9.99 Å². The summed E-state index contributed by atoms with van der Waals surface area (Å²) in [5.41, 5.74) is 5.41. The van der Waals surface area contributed by atoms with Crippen molar-refractivity contribution >= 4 is 23.5 Å². The van der Waals surface area contributed by atoms with Gasteiger partial charge in [0.05, 0.1) is 12.8 Å². The number of hydrogen-bond donors (Lipinski definition) is 1. The highest BCUT2D eigenvalue weighted by Gasteiger charge is 2.11. The van der Waals surface area contributed by atoms with Gasteiger partial charge >= 0.3 is 0 Å². The first-order chi connectivity index (χ1) is 12.5. The highest BCUT2D eigenvalue weighted by Crippen LogP contribution is 2.12. The molecule has 6 heteroatoms. The Morgan fingerprint density at radius 3 is 2.65 bits per heavy atom. The molecule has 2 heterocycles. The van der Waals surface area contributed by atoms with Gasteiger partial charge in [-0.2, -0.15) is 5.10 Å². The fourth-order valence-corrected chi connectivity index (χ4v) is 3.24. The van der Waals surface area contributed by atoms with Gasteiger partial charge in [-0.1, -0.05) is 29.8 Å². The van der Waals surface area contributed by atoms with Crippen molar-refractivity contribution in [2.75, 3.05) is 0 Å². The van der Waals surface area contributed by atoms with E-state index >= 15 is 0 Å². The van der Waals surface area contributed by atoms with Crippen molar-refractivity contribution in [2.45, 2.75) is 20.4 Å². The molecule has 3 rings (SSSR count). The lowest BCUT2D eigenvalue weighted by atomic mass is 10.1. The van der Waals surface area contributed by atoms with E-state index in [-0.39, 0.29) is 11.1 Å². The van der Waals surface area contributed by atoms with Gasteiger partial charge in [-0.25, -0.2) is 5.43 Å². The van der Waals surface area contributed by atoms with Crippen molar-refractivity contribution in [1.29, 1.82) is 0 Å². The number of benzene rings is 1. The number of aryl methyl sites for hydroxylation is 2. The van der Waals surface area contributed by atoms with E-state index in [0.29, 0.717) is 6.54 Å². The summed E-state index contributed by atoms with van der Waals surface area (Å²) in [6.07, 6.45) is 3.27. The lowest BCUT2D eigenvalue weighted by Crippen LogP contribution is -2.30. The Morgan fingerprint density at radius 2 is 1.96 bits per heavy atom. The summed E-state index contributed by atoms with van der Waals surface area (Å²) in [5, 5.41) is 5.91. The lowest BCUT2D eigenvalue weighted by Gasteiger charge is -2.08. The van der Waals surface area contributed by atoms with Gasteiger partial charge in [-0.15, -0.1) is 11.3 Å². The number of rotatable bonds is 5. The van der Waals surface area contributed by atoms with Crippen molar-refractivity contribution in [3.05, 3.63) is 91.5 Å². The average molecular weight is 365 g/mol. The second-order valence-corrected chi connectivity index (χ2v) is 6.96. The van der Waals surface area contributed by atoms with Gasteiger partial charge in [-0.3, -0.25) is 9.59 Å². The molecular weight excluding hydrogens is 346 g/mol. The zero-order chi connectivity index (χ0) is 18.5. The highest BCUT2D eigenvalue weighted by molar-refractivity contribution is 7.11. The van der Waals surface area contributed by atoms with Gasteiger partial charge in [0.15, 0.2) is 0 Å². The fraction of sp³-hybridized carbons (Fsp3) is 0.150. The molecule has 0 aliphatic rings. The molecule has 1 aromatic carbocycles. The summed E-state index contributed by atoms with van der Waals surface area (Å²) in [4.78, 5) is 25.8. The van der Waals surface area contributed by atoms with Gasteiger partial charge in [0, 0.05) is 11.1 Å². The van der Waals surface area contributed by atoms with E-state index in [1.807, 2.05) is 49.6 Å². The molecule has 0 radical (unpaired) electrons. The van der Waals surface area contributed by atoms with Crippen LogP contribution >= 0.6 is 11.3 Å². The maximum atomic E-state index is 12.6. The number of amides is 1. The molecule has 0 spiro atoms. The first-order valence-electron chi connectivity index (χ1n) is 8.17. The van der Waals surface area contributed by atoms with Crippen LogP contribution in [-0.2, 0) is 6.54 Å². The van der Waals surface area contributed by atoms with Gasteiger partial charge in [-0.05, 0) is 48.6 Å². The minimum atomic E-state index is -0.515. The van der Waals surface area contributed by atoms with Crippen LogP contribution in [0.5, 0.6) is 0 Å². The minimum absolute atomic E-state index is 0.0691. The quantitative estimate of drug-likeness (QED) is 0.557. The van der Waals surface area contributed by atoms with Crippen LogP contribution < -0.4 is 11.0 Å². The minimum Gasteiger partial charge on any atom is -0.310 e. The molecule has 0 unspecified atom stereocenters. The molecule has 0 saturated carbocycles. The van der Waals surface area contributed by atoms with Crippen molar-refractivity contribution in [3.8, 4) is 0 Å². The molecule has 2 aromatic heterocycles. The summed E-state index contributed by atoms with van der Waals surface area (Å²) in [7, 11) is 0. The fourth-order valence-electron chi connectivity index (χ4n) is 2.45. The zero-order valence-corrected chi connectivity index (χ0v) is 15.4. The van der Waals surface area contributed by atoms with Crippen LogP contribution in [0.15, 0.2) is 63.9 Å². The number of carbonyl (C=O) groups is 1. The second kappa shape index (κ2) is 7.93. The molecule has 0 aliphatic carbocycles. The van der Waals surface area contributed by atoms with Crippen LogP contribution in [0.2, 0.25) is 0 Å². The van der Waals surface area contributed by atoms with Crippen LogP contribution in [0.1, 0.15) is 31.9 Å². The standard InChI is InChI=1S/C20H19N3O2S/c1-14-5-7-16(8-6-14)13-23-10-3-4-17(20(23)25)19(24)22-21-12-18-15(2)9-11-26-18/h3-12H,13H2,1-2H3,(H,22,24)/b21-12-. The van der Waals surface area contributed by atoms with Crippen LogP contribution in [-0.4, -0.2) is 16.7 Å². The predicted octanol–water partition coefficient (Wildman–Crippen LogP) is 3.34. The normalized spacial score (nSPS) is 11.0. The maximum absolute atomic E-state index is 12.6. The van der Waals surface area contributed by atoms with E-state index in [0.717, 1.165) is 21.6 Å². The Kier molecular flexibility index (Phi) is 5.43. The van der Waals surface area contributed by atoms with Gasteiger partial charge in [0.25, 0.3) is 11.5 Å². The Balaban J connectivity index is 1.74. The number of carbonyl (C=O) groups excluding carboxylic acids is 1. The van der Waals surface area contributed by atoms with E-state index in [4.69, 9.17) is 0 Å². The van der Waals surface area contributed by atoms with Crippen LogP contribution in [0.4, 0.5) is 0 Å². The number of hydrazone groups is 1. The molecular formula is C20H19N3O2S. The Labute approximate surface area is 155 Å². The van der Waals surface area contributed by atoms with Gasteiger partial charge < -0.3 is 4.57 Å². The molecule has 1 N–H and O–H groups in total. The number of hydrogen-bond acceptors (Lipinski definition) is 4. The third kappa shape index (κ3) is 4.15. The van der Waals surface area contributed by atoms with Crippen LogP contribution in [0.25, 0.3) is 0 Å². The Hall–Kier alpha value is -2.99. The van der Waals surface area contributed by atoms with E-state index < -0.39 is 5.91 Å². The first kappa shape index (κ1) is 17.8. The highest BCUT2D eigenvalue weighted by atomic mass is 32.1. The topological polar surface area (TPSA) is 63.5 Å². The molecule has 0 aliphatic heterocycles. The Morgan fingerprint density at radius 1 is 1.19 bits per heavy atom. The number of thiophene rings is 1. The van der Waals surface area contributed by atoms with Crippen LogP contribution in [0, 0.1) is 13.8 Å².